The molecule has 0 saturated heterocycles. The molecule has 0 atom stereocenters. The van der Waals surface area contributed by atoms with Gasteiger partial charge in [-0.2, -0.15) is 0 Å². The number of fused-ring (bicyclic) bond motifs is 1. The van der Waals surface area contributed by atoms with E-state index in [-0.39, 0.29) is 0 Å². The molecule has 0 saturated carbocycles. The molecule has 0 spiro atoms. The van der Waals surface area contributed by atoms with Gasteiger partial charge >= 0.3 is 0 Å². The summed E-state index contributed by atoms with van der Waals surface area (Å²) in [6.45, 7) is 4.42. The normalized spacial score (nSPS) is 10.7. The van der Waals surface area contributed by atoms with Crippen LogP contribution in [0.5, 0.6) is 0 Å². The van der Waals surface area contributed by atoms with E-state index in [0.717, 1.165) is 5.52 Å². The molecule has 2 aromatic rings. The number of nitrogens with one attached hydrogen (secondary N) is 1. The maximum Gasteiger partial charge on any atom is 0.183 e. The Morgan fingerprint density at radius 2 is 2.40 bits per heavy atom. The Morgan fingerprint density at radius 1 is 1.60 bits per heavy atom. The standard InChI is InChI=1S/C11H12N2S2/c1-3-6-13-9-5-4-8(14-2)7-10(9)15-11(13)12/h3-5,7,12H,1,6H2,2H3. The van der Waals surface area contributed by atoms with Gasteiger partial charge in [-0.15, -0.1) is 18.3 Å². The first kappa shape index (κ1) is 10.5. The van der Waals surface area contributed by atoms with E-state index < -0.39 is 0 Å². The van der Waals surface area contributed by atoms with Crippen molar-refractivity contribution in [1.82, 2.24) is 4.57 Å². The summed E-state index contributed by atoms with van der Waals surface area (Å²) in [4.78, 5) is 1.83. The SMILES string of the molecule is C=CCn1c(=N)sc2cc(SC)ccc21. The highest BCUT2D eigenvalue weighted by molar-refractivity contribution is 7.98. The third kappa shape index (κ3) is 1.87. The molecule has 0 aliphatic carbocycles. The maximum atomic E-state index is 7.86. The third-order valence-electron chi connectivity index (χ3n) is 2.22. The Labute approximate surface area is 96.8 Å². The third-order valence-corrected chi connectivity index (χ3v) is 3.91. The number of allylic oxidation sites excluding steroid dienone is 1. The summed E-state index contributed by atoms with van der Waals surface area (Å²) in [5, 5.41) is 7.86. The Kier molecular flexibility index (Phi) is 2.98. The Balaban J connectivity index is 2.68. The average Bonchev–Trinajstić information content (AvgIpc) is 2.55. The van der Waals surface area contributed by atoms with E-state index in [1.165, 1.54) is 20.9 Å². The van der Waals surface area contributed by atoms with E-state index >= 15 is 0 Å². The predicted molar refractivity (Wildman–Crippen MR) is 67.6 cm³/mol. The first-order valence-corrected chi connectivity index (χ1v) is 6.63. The number of rotatable bonds is 3. The Hall–Kier alpha value is -1.00. The van der Waals surface area contributed by atoms with Gasteiger partial charge in [0, 0.05) is 11.4 Å². The van der Waals surface area contributed by atoms with Crippen molar-refractivity contribution in [3.05, 3.63) is 35.7 Å². The number of hydrogen-bond donors (Lipinski definition) is 1. The summed E-state index contributed by atoms with van der Waals surface area (Å²) in [6, 6.07) is 6.32. The van der Waals surface area contributed by atoms with Crippen LogP contribution in [0.2, 0.25) is 0 Å². The van der Waals surface area contributed by atoms with E-state index in [1.54, 1.807) is 11.8 Å². The summed E-state index contributed by atoms with van der Waals surface area (Å²) in [5.74, 6) is 0. The zero-order valence-electron chi connectivity index (χ0n) is 8.49. The van der Waals surface area contributed by atoms with Gasteiger partial charge in [-0.05, 0) is 24.5 Å². The molecular weight excluding hydrogens is 224 g/mol. The fourth-order valence-corrected chi connectivity index (χ4v) is 2.98. The van der Waals surface area contributed by atoms with Gasteiger partial charge in [0.2, 0.25) is 0 Å². The van der Waals surface area contributed by atoms with Gasteiger partial charge in [-0.1, -0.05) is 17.4 Å². The van der Waals surface area contributed by atoms with Crippen LogP contribution in [0.1, 0.15) is 0 Å². The lowest BCUT2D eigenvalue weighted by atomic mass is 10.3. The van der Waals surface area contributed by atoms with Gasteiger partial charge in [0.15, 0.2) is 4.80 Å². The highest BCUT2D eigenvalue weighted by Gasteiger charge is 2.04. The van der Waals surface area contributed by atoms with E-state index in [2.05, 4.69) is 31.0 Å². The first-order chi connectivity index (χ1) is 7.26. The molecule has 1 aromatic carbocycles. The monoisotopic (exact) mass is 236 g/mol. The van der Waals surface area contributed by atoms with Crippen molar-refractivity contribution in [2.24, 2.45) is 0 Å². The topological polar surface area (TPSA) is 28.8 Å². The molecule has 0 aliphatic rings. The fraction of sp³-hybridized carbons (Fsp3) is 0.182. The minimum absolute atomic E-state index is 0.586. The molecule has 4 heteroatoms. The molecule has 2 nitrogen and oxygen atoms in total. The number of hydrogen-bond acceptors (Lipinski definition) is 3. The van der Waals surface area contributed by atoms with E-state index in [0.29, 0.717) is 11.3 Å². The van der Waals surface area contributed by atoms with Gasteiger partial charge in [0.05, 0.1) is 10.2 Å². The summed E-state index contributed by atoms with van der Waals surface area (Å²) in [5.41, 5.74) is 1.13. The summed E-state index contributed by atoms with van der Waals surface area (Å²) in [7, 11) is 0. The minimum Gasteiger partial charge on any atom is -0.313 e. The van der Waals surface area contributed by atoms with Crippen molar-refractivity contribution < 1.29 is 0 Å². The molecule has 1 N–H and O–H groups in total. The molecule has 1 aromatic heterocycles. The van der Waals surface area contributed by atoms with Crippen molar-refractivity contribution in [3.63, 3.8) is 0 Å². The van der Waals surface area contributed by atoms with E-state index in [9.17, 15) is 0 Å². The van der Waals surface area contributed by atoms with Crippen molar-refractivity contribution >= 4 is 33.3 Å². The largest absolute Gasteiger partial charge is 0.313 e. The maximum absolute atomic E-state index is 7.86. The molecular formula is C11H12N2S2. The average molecular weight is 236 g/mol. The molecule has 2 rings (SSSR count). The van der Waals surface area contributed by atoms with Crippen molar-refractivity contribution in [2.75, 3.05) is 6.26 Å². The molecule has 0 amide bonds. The van der Waals surface area contributed by atoms with Crippen LogP contribution in [0, 0.1) is 5.41 Å². The van der Waals surface area contributed by atoms with Gasteiger partial charge in [0.1, 0.15) is 0 Å². The lowest BCUT2D eigenvalue weighted by Crippen LogP contribution is -2.11. The number of nitrogens with zero attached hydrogens (tertiary/aromatic N) is 1. The second-order valence-electron chi connectivity index (χ2n) is 3.14. The van der Waals surface area contributed by atoms with Gasteiger partial charge in [-0.3, -0.25) is 5.41 Å². The van der Waals surface area contributed by atoms with Crippen LogP contribution in [-0.4, -0.2) is 10.8 Å². The van der Waals surface area contributed by atoms with Crippen LogP contribution in [0.3, 0.4) is 0 Å². The van der Waals surface area contributed by atoms with Crippen LogP contribution >= 0.6 is 23.1 Å². The minimum atomic E-state index is 0.586. The van der Waals surface area contributed by atoms with Gasteiger partial charge < -0.3 is 4.57 Å². The summed E-state index contributed by atoms with van der Waals surface area (Å²) >= 11 is 3.24. The molecule has 1 heterocycles. The number of benzene rings is 1. The molecule has 0 bridgehead atoms. The van der Waals surface area contributed by atoms with Crippen molar-refractivity contribution in [2.45, 2.75) is 11.4 Å². The van der Waals surface area contributed by atoms with Crippen LogP contribution in [-0.2, 0) is 6.54 Å². The molecule has 78 valence electrons. The van der Waals surface area contributed by atoms with Crippen molar-refractivity contribution in [1.29, 1.82) is 5.41 Å². The second kappa shape index (κ2) is 4.24. The zero-order chi connectivity index (χ0) is 10.8. The first-order valence-electron chi connectivity index (χ1n) is 4.59. The van der Waals surface area contributed by atoms with Crippen LogP contribution < -0.4 is 4.80 Å². The Morgan fingerprint density at radius 3 is 3.07 bits per heavy atom. The quantitative estimate of drug-likeness (QED) is 0.644. The number of aromatic nitrogens is 1. The van der Waals surface area contributed by atoms with E-state index in [1.807, 2.05) is 10.6 Å². The predicted octanol–water partition coefficient (Wildman–Crippen LogP) is 3.09. The van der Waals surface area contributed by atoms with Crippen LogP contribution in [0.25, 0.3) is 10.2 Å². The summed E-state index contributed by atoms with van der Waals surface area (Å²) in [6.07, 6.45) is 3.89. The summed E-state index contributed by atoms with van der Waals surface area (Å²) < 4.78 is 3.14. The fourth-order valence-electron chi connectivity index (χ4n) is 1.51. The van der Waals surface area contributed by atoms with E-state index in [4.69, 9.17) is 5.41 Å². The smallest absolute Gasteiger partial charge is 0.183 e. The van der Waals surface area contributed by atoms with Crippen LogP contribution in [0.15, 0.2) is 35.7 Å². The highest BCUT2D eigenvalue weighted by Crippen LogP contribution is 2.23. The van der Waals surface area contributed by atoms with Crippen LogP contribution in [0.4, 0.5) is 0 Å². The zero-order valence-corrected chi connectivity index (χ0v) is 10.1. The van der Waals surface area contributed by atoms with Gasteiger partial charge in [0.25, 0.3) is 0 Å². The van der Waals surface area contributed by atoms with Crippen molar-refractivity contribution in [3.8, 4) is 0 Å². The lowest BCUT2D eigenvalue weighted by Gasteiger charge is -2.00. The van der Waals surface area contributed by atoms with Gasteiger partial charge in [-0.25, -0.2) is 0 Å². The molecule has 0 unspecified atom stereocenters. The lowest BCUT2D eigenvalue weighted by molar-refractivity contribution is 0.811. The number of thioether (sulfide) groups is 1. The molecule has 0 radical (unpaired) electrons. The number of thiazole rings is 1. The second-order valence-corrected chi connectivity index (χ2v) is 5.05. The highest BCUT2D eigenvalue weighted by atomic mass is 32.2. The molecule has 15 heavy (non-hydrogen) atoms. The molecule has 0 aliphatic heterocycles. The molecule has 0 fully saturated rings. The Bertz CT molecular complexity index is 551.